The molecule has 0 amide bonds. The Kier molecular flexibility index (Phi) is 3.08. The maximum absolute atomic E-state index is 2.46. The number of aromatic nitrogens is 1. The van der Waals surface area contributed by atoms with E-state index in [1.807, 2.05) is 11.3 Å². The van der Waals surface area contributed by atoms with Crippen LogP contribution in [-0.4, -0.2) is 4.40 Å². The zero-order valence-electron chi connectivity index (χ0n) is 17.2. The predicted molar refractivity (Wildman–Crippen MR) is 139 cm³/mol. The summed E-state index contributed by atoms with van der Waals surface area (Å²) in [7, 11) is 0. The molecule has 32 heavy (non-hydrogen) atoms. The van der Waals surface area contributed by atoms with E-state index in [1.165, 1.54) is 69.4 Å². The van der Waals surface area contributed by atoms with Gasteiger partial charge in [0, 0.05) is 41.7 Å². The molecule has 2 heteroatoms. The van der Waals surface area contributed by atoms with Crippen molar-refractivity contribution in [3.63, 3.8) is 0 Å². The van der Waals surface area contributed by atoms with Crippen LogP contribution in [0.5, 0.6) is 0 Å². The summed E-state index contributed by atoms with van der Waals surface area (Å²) < 4.78 is 5.18. The second-order valence-corrected chi connectivity index (χ2v) is 9.62. The van der Waals surface area contributed by atoms with Crippen molar-refractivity contribution >= 4 is 69.6 Å². The molecule has 0 aliphatic rings. The average molecular weight is 424 g/mol. The number of hydrogen-bond donors (Lipinski definition) is 0. The maximum atomic E-state index is 2.46. The fourth-order valence-corrected chi connectivity index (χ4v) is 6.81. The Morgan fingerprint density at radius 2 is 1.19 bits per heavy atom. The third kappa shape index (κ3) is 1.99. The molecule has 0 atom stereocenters. The van der Waals surface area contributed by atoms with Crippen molar-refractivity contribution < 1.29 is 0 Å². The van der Waals surface area contributed by atoms with Gasteiger partial charge in [0.2, 0.25) is 0 Å². The zero-order chi connectivity index (χ0) is 20.8. The highest BCUT2D eigenvalue weighted by atomic mass is 32.1. The van der Waals surface area contributed by atoms with Gasteiger partial charge in [-0.2, -0.15) is 0 Å². The lowest BCUT2D eigenvalue weighted by Gasteiger charge is -2.05. The van der Waals surface area contributed by atoms with Crippen molar-refractivity contribution in [2.24, 2.45) is 0 Å². The van der Waals surface area contributed by atoms with Crippen molar-refractivity contribution in [1.82, 2.24) is 4.40 Å². The highest BCUT2D eigenvalue weighted by Crippen LogP contribution is 2.43. The normalized spacial score (nSPS) is 12.4. The summed E-state index contributed by atoms with van der Waals surface area (Å²) in [6.45, 7) is 0. The van der Waals surface area contributed by atoms with Gasteiger partial charge in [0.25, 0.3) is 0 Å². The third-order valence-electron chi connectivity index (χ3n) is 6.94. The van der Waals surface area contributed by atoms with Crippen molar-refractivity contribution in [3.05, 3.63) is 103 Å². The molecule has 0 radical (unpaired) electrons. The molecule has 3 aromatic heterocycles. The van der Waals surface area contributed by atoms with E-state index in [9.17, 15) is 0 Å². The van der Waals surface area contributed by atoms with Crippen LogP contribution in [0.2, 0.25) is 0 Å². The van der Waals surface area contributed by atoms with E-state index >= 15 is 0 Å². The van der Waals surface area contributed by atoms with Gasteiger partial charge < -0.3 is 4.40 Å². The molecule has 3 heterocycles. The predicted octanol–water partition coefficient (Wildman–Crippen LogP) is 8.87. The Morgan fingerprint density at radius 1 is 0.500 bits per heavy atom. The highest BCUT2D eigenvalue weighted by Gasteiger charge is 2.18. The minimum Gasteiger partial charge on any atom is -0.308 e. The van der Waals surface area contributed by atoms with E-state index in [0.717, 1.165) is 0 Å². The fourth-order valence-electron chi connectivity index (χ4n) is 5.57. The van der Waals surface area contributed by atoms with Crippen LogP contribution in [0.25, 0.3) is 69.4 Å². The first kappa shape index (κ1) is 16.8. The number of nitrogens with zero attached hydrogens (tertiary/aromatic N) is 1. The molecule has 8 aromatic rings. The number of fused-ring (bicyclic) bond motifs is 9. The van der Waals surface area contributed by atoms with Gasteiger partial charge in [-0.3, -0.25) is 0 Å². The van der Waals surface area contributed by atoms with E-state index in [0.29, 0.717) is 0 Å². The quantitative estimate of drug-likeness (QED) is 0.248. The number of hydrogen-bond acceptors (Lipinski definition) is 1. The zero-order valence-corrected chi connectivity index (χ0v) is 18.0. The van der Waals surface area contributed by atoms with Gasteiger partial charge in [0.05, 0.1) is 16.6 Å². The summed E-state index contributed by atoms with van der Waals surface area (Å²) in [4.78, 5) is 0. The van der Waals surface area contributed by atoms with Gasteiger partial charge in [-0.15, -0.1) is 11.3 Å². The van der Waals surface area contributed by atoms with Crippen LogP contribution in [0.1, 0.15) is 0 Å². The molecule has 0 bridgehead atoms. The Hall–Kier alpha value is -3.88. The van der Waals surface area contributed by atoms with E-state index in [4.69, 9.17) is 0 Å². The fraction of sp³-hybridized carbons (Fsp3) is 0. The van der Waals surface area contributed by atoms with Crippen molar-refractivity contribution in [2.45, 2.75) is 0 Å². The van der Waals surface area contributed by atoms with Crippen LogP contribution >= 0.6 is 11.3 Å². The third-order valence-corrected chi connectivity index (χ3v) is 8.16. The molecule has 1 nitrogen and oxygen atoms in total. The monoisotopic (exact) mass is 423 g/mol. The minimum atomic E-state index is 1.28. The number of rotatable bonds is 1. The van der Waals surface area contributed by atoms with E-state index in [1.54, 1.807) is 0 Å². The van der Waals surface area contributed by atoms with Crippen LogP contribution in [0.4, 0.5) is 0 Å². The van der Waals surface area contributed by atoms with Gasteiger partial charge in [0.1, 0.15) is 0 Å². The molecule has 0 unspecified atom stereocenters. The highest BCUT2D eigenvalue weighted by molar-refractivity contribution is 7.26. The first-order chi connectivity index (χ1) is 15.9. The first-order valence-electron chi connectivity index (χ1n) is 11.0. The molecule has 0 saturated carbocycles. The molecule has 8 rings (SSSR count). The number of thiophene rings is 1. The van der Waals surface area contributed by atoms with Gasteiger partial charge in [-0.25, -0.2) is 0 Å². The first-order valence-corrected chi connectivity index (χ1v) is 11.8. The van der Waals surface area contributed by atoms with Crippen molar-refractivity contribution in [3.8, 4) is 11.1 Å². The number of benzene rings is 5. The lowest BCUT2D eigenvalue weighted by atomic mass is 10.0. The molecule has 0 aliphatic carbocycles. The summed E-state index contributed by atoms with van der Waals surface area (Å²) in [5, 5.41) is 8.01. The topological polar surface area (TPSA) is 4.41 Å². The second-order valence-electron chi connectivity index (χ2n) is 8.57. The summed E-state index contributed by atoms with van der Waals surface area (Å²) >= 11 is 1.90. The SMILES string of the molecule is c1ccc2c(c1)sc1c(-c3ccc4c5cccc6c7ccccc7n(c4c3)c65)cccc12. The molecule has 0 spiro atoms. The minimum absolute atomic E-state index is 1.28. The molecular weight excluding hydrogens is 406 g/mol. The smallest absolute Gasteiger partial charge is 0.0620 e. The van der Waals surface area contributed by atoms with Crippen LogP contribution in [0.3, 0.4) is 0 Å². The van der Waals surface area contributed by atoms with Gasteiger partial charge in [-0.1, -0.05) is 84.9 Å². The molecule has 0 aliphatic heterocycles. The Balaban J connectivity index is 1.52. The lowest BCUT2D eigenvalue weighted by Crippen LogP contribution is -1.83. The van der Waals surface area contributed by atoms with E-state index in [-0.39, 0.29) is 0 Å². The number of para-hydroxylation sites is 2. The van der Waals surface area contributed by atoms with Gasteiger partial charge >= 0.3 is 0 Å². The van der Waals surface area contributed by atoms with Crippen LogP contribution < -0.4 is 0 Å². The van der Waals surface area contributed by atoms with Crippen LogP contribution in [0.15, 0.2) is 103 Å². The summed E-state index contributed by atoms with van der Waals surface area (Å²) in [6.07, 6.45) is 0. The van der Waals surface area contributed by atoms with Crippen molar-refractivity contribution in [2.75, 3.05) is 0 Å². The molecular formula is C30H17NS. The Morgan fingerprint density at radius 3 is 2.09 bits per heavy atom. The lowest BCUT2D eigenvalue weighted by molar-refractivity contribution is 1.37. The summed E-state index contributed by atoms with van der Waals surface area (Å²) in [5.41, 5.74) is 6.50. The Bertz CT molecular complexity index is 1990. The standard InChI is InChI=1S/C30H17NS/c1-3-13-26-20(7-1)23-10-6-11-24-21-16-15-18(17-27(21)31(26)29(23)24)19-9-5-12-25-22-8-2-4-14-28(22)32-30(19)25/h1-17H. The molecule has 0 saturated heterocycles. The van der Waals surface area contributed by atoms with Crippen LogP contribution in [0, 0.1) is 0 Å². The largest absolute Gasteiger partial charge is 0.308 e. The van der Waals surface area contributed by atoms with Crippen molar-refractivity contribution in [1.29, 1.82) is 0 Å². The van der Waals surface area contributed by atoms with Gasteiger partial charge in [-0.05, 0) is 29.3 Å². The molecule has 0 N–H and O–H groups in total. The van der Waals surface area contributed by atoms with E-state index in [2.05, 4.69) is 108 Å². The molecule has 0 fully saturated rings. The van der Waals surface area contributed by atoms with E-state index < -0.39 is 0 Å². The molecule has 5 aromatic carbocycles. The second kappa shape index (κ2) is 5.87. The van der Waals surface area contributed by atoms with Gasteiger partial charge in [0.15, 0.2) is 0 Å². The summed E-state index contributed by atoms with van der Waals surface area (Å²) in [6, 6.07) is 37.9. The average Bonchev–Trinajstić information content (AvgIpc) is 3.50. The molecule has 148 valence electrons. The summed E-state index contributed by atoms with van der Waals surface area (Å²) in [5.74, 6) is 0. The Labute approximate surface area is 188 Å². The van der Waals surface area contributed by atoms with Crippen LogP contribution in [-0.2, 0) is 0 Å². The maximum Gasteiger partial charge on any atom is 0.0620 e.